The minimum absolute atomic E-state index is 0.424. The molecular weight excluding hydrogens is 242 g/mol. The molecule has 1 aromatic rings. The molecule has 3 heteroatoms. The van der Waals surface area contributed by atoms with Gasteiger partial charge in [-0.3, -0.25) is 0 Å². The summed E-state index contributed by atoms with van der Waals surface area (Å²) in [6, 6.07) is 5.94. The second kappa shape index (κ2) is 5.49. The van der Waals surface area contributed by atoms with Gasteiger partial charge >= 0.3 is 0 Å². The second-order valence-electron chi connectivity index (χ2n) is 3.33. The average Bonchev–Trinajstić information content (AvgIpc) is 2.18. The molecule has 0 saturated carbocycles. The number of benzene rings is 1. The zero-order chi connectivity index (χ0) is 10.6. The van der Waals surface area contributed by atoms with Crippen molar-refractivity contribution in [3.05, 3.63) is 33.8 Å². The van der Waals surface area contributed by atoms with Crippen LogP contribution in [0, 0.1) is 6.92 Å². The highest BCUT2D eigenvalue weighted by atomic mass is 79.9. The van der Waals surface area contributed by atoms with Crippen molar-refractivity contribution >= 4 is 15.9 Å². The fraction of sp³-hybridized carbons (Fsp3) is 0.455. The summed E-state index contributed by atoms with van der Waals surface area (Å²) in [6.07, 6.45) is -0.424. The smallest absolute Gasteiger partial charge is 0.0914 e. The topological polar surface area (TPSA) is 32.3 Å². The molecule has 0 saturated heterocycles. The van der Waals surface area contributed by atoms with Crippen LogP contribution in [0.25, 0.3) is 0 Å². The zero-order valence-electron chi connectivity index (χ0n) is 8.55. The highest BCUT2D eigenvalue weighted by molar-refractivity contribution is 9.10. The lowest BCUT2D eigenvalue weighted by atomic mass is 10.1. The summed E-state index contributed by atoms with van der Waals surface area (Å²) in [6.45, 7) is 5.54. The molecule has 1 aromatic carbocycles. The maximum absolute atomic E-state index is 9.78. The molecule has 0 aliphatic carbocycles. The van der Waals surface area contributed by atoms with Crippen LogP contribution in [-0.2, 0) is 0 Å². The van der Waals surface area contributed by atoms with Gasteiger partial charge in [-0.1, -0.05) is 35.0 Å². The second-order valence-corrected chi connectivity index (χ2v) is 4.19. The molecule has 0 aliphatic rings. The summed E-state index contributed by atoms with van der Waals surface area (Å²) in [7, 11) is 0. The summed E-state index contributed by atoms with van der Waals surface area (Å²) in [4.78, 5) is 0. The summed E-state index contributed by atoms with van der Waals surface area (Å²) in [5.74, 6) is 0. The van der Waals surface area contributed by atoms with E-state index in [1.807, 2.05) is 32.0 Å². The number of hydrogen-bond donors (Lipinski definition) is 2. The van der Waals surface area contributed by atoms with Gasteiger partial charge in [-0.2, -0.15) is 0 Å². The number of hydrogen-bond acceptors (Lipinski definition) is 2. The van der Waals surface area contributed by atoms with E-state index in [1.165, 1.54) is 5.56 Å². The molecule has 1 rings (SSSR count). The van der Waals surface area contributed by atoms with Gasteiger partial charge in [0.05, 0.1) is 6.10 Å². The van der Waals surface area contributed by atoms with Gasteiger partial charge in [0, 0.05) is 11.0 Å². The molecule has 0 amide bonds. The molecule has 78 valence electrons. The number of halogens is 1. The molecule has 0 bridgehead atoms. The predicted octanol–water partition coefficient (Wildman–Crippen LogP) is 2.40. The zero-order valence-corrected chi connectivity index (χ0v) is 10.1. The van der Waals surface area contributed by atoms with E-state index in [9.17, 15) is 5.11 Å². The Bertz CT molecular complexity index is 301. The normalized spacial score (nSPS) is 12.9. The minimum atomic E-state index is -0.424. The molecule has 0 radical (unpaired) electrons. The van der Waals surface area contributed by atoms with Crippen molar-refractivity contribution in [1.29, 1.82) is 0 Å². The first kappa shape index (κ1) is 11.7. The van der Waals surface area contributed by atoms with Gasteiger partial charge < -0.3 is 10.4 Å². The van der Waals surface area contributed by atoms with Gasteiger partial charge in [0.1, 0.15) is 0 Å². The van der Waals surface area contributed by atoms with Gasteiger partial charge in [-0.25, -0.2) is 0 Å². The van der Waals surface area contributed by atoms with Crippen LogP contribution in [0.2, 0.25) is 0 Å². The molecule has 0 aliphatic heterocycles. The molecule has 1 atom stereocenters. The van der Waals surface area contributed by atoms with Crippen molar-refractivity contribution < 1.29 is 5.11 Å². The summed E-state index contributed by atoms with van der Waals surface area (Å²) in [5, 5.41) is 12.9. The third-order valence-electron chi connectivity index (χ3n) is 2.17. The predicted molar refractivity (Wildman–Crippen MR) is 62.4 cm³/mol. The third-order valence-corrected chi connectivity index (χ3v) is 3.02. The average molecular weight is 258 g/mol. The summed E-state index contributed by atoms with van der Waals surface area (Å²) < 4.78 is 1.05. The molecule has 0 heterocycles. The first-order valence-electron chi connectivity index (χ1n) is 4.80. The Labute approximate surface area is 93.5 Å². The lowest BCUT2D eigenvalue weighted by Crippen LogP contribution is -2.20. The van der Waals surface area contributed by atoms with Crippen molar-refractivity contribution in [2.75, 3.05) is 13.1 Å². The van der Waals surface area contributed by atoms with E-state index in [1.54, 1.807) is 0 Å². The molecule has 2 N–H and O–H groups in total. The van der Waals surface area contributed by atoms with Crippen LogP contribution in [-0.4, -0.2) is 18.2 Å². The SMILES string of the molecule is CCNCC(O)c1ccc(C)c(Br)c1. The Kier molecular flexibility index (Phi) is 4.58. The molecule has 0 aromatic heterocycles. The first-order chi connectivity index (χ1) is 6.65. The van der Waals surface area contributed by atoms with E-state index in [0.29, 0.717) is 6.54 Å². The number of aliphatic hydroxyl groups is 1. The van der Waals surface area contributed by atoms with E-state index < -0.39 is 6.10 Å². The Morgan fingerprint density at radius 2 is 2.21 bits per heavy atom. The van der Waals surface area contributed by atoms with Gasteiger partial charge in [0.15, 0.2) is 0 Å². The Balaban J connectivity index is 2.70. The maximum Gasteiger partial charge on any atom is 0.0914 e. The van der Waals surface area contributed by atoms with E-state index in [4.69, 9.17) is 0 Å². The van der Waals surface area contributed by atoms with Gasteiger partial charge in [0.25, 0.3) is 0 Å². The standard InChI is InChI=1S/C11H16BrNO/c1-3-13-7-11(14)9-5-4-8(2)10(12)6-9/h4-6,11,13-14H,3,7H2,1-2H3. The van der Waals surface area contributed by atoms with E-state index in [2.05, 4.69) is 21.2 Å². The molecule has 14 heavy (non-hydrogen) atoms. The molecule has 0 fully saturated rings. The van der Waals surface area contributed by atoms with E-state index >= 15 is 0 Å². The number of aliphatic hydroxyl groups excluding tert-OH is 1. The quantitative estimate of drug-likeness (QED) is 0.869. The van der Waals surface area contributed by atoms with E-state index in [-0.39, 0.29) is 0 Å². The lowest BCUT2D eigenvalue weighted by molar-refractivity contribution is 0.175. The van der Waals surface area contributed by atoms with Crippen LogP contribution in [0.5, 0.6) is 0 Å². The lowest BCUT2D eigenvalue weighted by Gasteiger charge is -2.12. The van der Waals surface area contributed by atoms with Crippen LogP contribution >= 0.6 is 15.9 Å². The summed E-state index contributed by atoms with van der Waals surface area (Å²) >= 11 is 3.45. The highest BCUT2D eigenvalue weighted by Crippen LogP contribution is 2.21. The van der Waals surface area contributed by atoms with Gasteiger partial charge in [-0.15, -0.1) is 0 Å². The van der Waals surface area contributed by atoms with Crippen molar-refractivity contribution in [1.82, 2.24) is 5.32 Å². The number of aryl methyl sites for hydroxylation is 1. The van der Waals surface area contributed by atoms with Crippen molar-refractivity contribution in [3.63, 3.8) is 0 Å². The Hall–Kier alpha value is -0.380. The van der Waals surface area contributed by atoms with Gasteiger partial charge in [-0.05, 0) is 30.7 Å². The van der Waals surface area contributed by atoms with Crippen molar-refractivity contribution in [2.45, 2.75) is 20.0 Å². The van der Waals surface area contributed by atoms with Crippen molar-refractivity contribution in [2.24, 2.45) is 0 Å². The van der Waals surface area contributed by atoms with E-state index in [0.717, 1.165) is 16.6 Å². The number of nitrogens with one attached hydrogen (secondary N) is 1. The van der Waals surface area contributed by atoms with Crippen LogP contribution in [0.4, 0.5) is 0 Å². The minimum Gasteiger partial charge on any atom is -0.387 e. The first-order valence-corrected chi connectivity index (χ1v) is 5.59. The fourth-order valence-electron chi connectivity index (χ4n) is 1.22. The highest BCUT2D eigenvalue weighted by Gasteiger charge is 2.07. The van der Waals surface area contributed by atoms with Crippen LogP contribution < -0.4 is 5.32 Å². The number of likely N-dealkylation sites (N-methyl/N-ethyl adjacent to an activating group) is 1. The summed E-state index contributed by atoms with van der Waals surface area (Å²) in [5.41, 5.74) is 2.13. The van der Waals surface area contributed by atoms with Crippen LogP contribution in [0.3, 0.4) is 0 Å². The molecule has 1 unspecified atom stereocenters. The van der Waals surface area contributed by atoms with Crippen LogP contribution in [0.15, 0.2) is 22.7 Å². The van der Waals surface area contributed by atoms with Gasteiger partial charge in [0.2, 0.25) is 0 Å². The van der Waals surface area contributed by atoms with Crippen molar-refractivity contribution in [3.8, 4) is 0 Å². The third kappa shape index (κ3) is 3.08. The Morgan fingerprint density at radius 1 is 1.50 bits per heavy atom. The monoisotopic (exact) mass is 257 g/mol. The Morgan fingerprint density at radius 3 is 2.79 bits per heavy atom. The molecule has 0 spiro atoms. The number of rotatable bonds is 4. The largest absolute Gasteiger partial charge is 0.387 e. The van der Waals surface area contributed by atoms with Crippen LogP contribution in [0.1, 0.15) is 24.2 Å². The molecule has 2 nitrogen and oxygen atoms in total. The molecular formula is C11H16BrNO. The fourth-order valence-corrected chi connectivity index (χ4v) is 1.61. The maximum atomic E-state index is 9.78.